The van der Waals surface area contributed by atoms with Crippen LogP contribution in [0, 0.1) is 16.0 Å². The van der Waals surface area contributed by atoms with E-state index < -0.39 is 16.8 Å². The largest absolute Gasteiger partial charge is 0.481 e. The molecule has 0 atom stereocenters. The SMILES string of the molecule is Cn1cnnc1Sc1ccc(C(=O)N2CCC(C(=O)O)CC2)cc1[N+](=O)[O-]. The Balaban J connectivity index is 1.79. The molecule has 0 unspecified atom stereocenters. The molecule has 10 nitrogen and oxygen atoms in total. The minimum absolute atomic E-state index is 0.186. The van der Waals surface area contributed by atoms with Gasteiger partial charge in [0.25, 0.3) is 11.6 Å². The normalized spacial score (nSPS) is 14.9. The van der Waals surface area contributed by atoms with E-state index in [0.29, 0.717) is 36.0 Å². The van der Waals surface area contributed by atoms with Crippen molar-refractivity contribution >= 4 is 29.3 Å². The molecule has 0 saturated carbocycles. The number of carboxylic acids is 1. The first-order valence-electron chi connectivity index (χ1n) is 8.19. The van der Waals surface area contributed by atoms with Crippen molar-refractivity contribution in [1.29, 1.82) is 0 Å². The molecule has 3 rings (SSSR count). The summed E-state index contributed by atoms with van der Waals surface area (Å²) in [7, 11) is 1.73. The standard InChI is InChI=1S/C16H17N5O5S/c1-19-9-17-18-16(19)27-13-3-2-11(8-12(13)21(25)26)14(22)20-6-4-10(5-7-20)15(23)24/h2-3,8-10H,4-7H2,1H3,(H,23,24). The van der Waals surface area contributed by atoms with Crippen molar-refractivity contribution in [2.75, 3.05) is 13.1 Å². The van der Waals surface area contributed by atoms with E-state index in [1.807, 2.05) is 0 Å². The zero-order valence-corrected chi connectivity index (χ0v) is 15.3. The molecule has 1 aromatic carbocycles. The molecule has 1 N–H and O–H groups in total. The van der Waals surface area contributed by atoms with Gasteiger partial charge >= 0.3 is 5.97 Å². The summed E-state index contributed by atoms with van der Waals surface area (Å²) in [4.78, 5) is 36.5. The molecule has 2 aromatic rings. The lowest BCUT2D eigenvalue weighted by Gasteiger charge is -2.30. The minimum atomic E-state index is -0.858. The van der Waals surface area contributed by atoms with E-state index >= 15 is 0 Å². The van der Waals surface area contributed by atoms with E-state index in [0.717, 1.165) is 11.8 Å². The Bertz CT molecular complexity index is 891. The van der Waals surface area contributed by atoms with Crippen molar-refractivity contribution in [2.45, 2.75) is 22.9 Å². The molecular formula is C16H17N5O5S. The van der Waals surface area contributed by atoms with E-state index in [1.165, 1.54) is 29.4 Å². The molecule has 0 spiro atoms. The number of aromatic nitrogens is 3. The van der Waals surface area contributed by atoms with Gasteiger partial charge in [0.2, 0.25) is 0 Å². The molecule has 27 heavy (non-hydrogen) atoms. The van der Waals surface area contributed by atoms with Gasteiger partial charge in [-0.2, -0.15) is 0 Å². The second-order valence-electron chi connectivity index (χ2n) is 6.17. The third kappa shape index (κ3) is 4.08. The number of nitro groups is 1. The number of nitrogens with zero attached hydrogens (tertiary/aromatic N) is 5. The number of hydrogen-bond acceptors (Lipinski definition) is 7. The Morgan fingerprint density at radius 2 is 2.04 bits per heavy atom. The highest BCUT2D eigenvalue weighted by molar-refractivity contribution is 7.99. The van der Waals surface area contributed by atoms with Gasteiger partial charge in [-0.1, -0.05) is 0 Å². The second kappa shape index (κ2) is 7.74. The van der Waals surface area contributed by atoms with Crippen molar-refractivity contribution in [2.24, 2.45) is 13.0 Å². The first kappa shape index (κ1) is 18.8. The molecule has 11 heteroatoms. The Morgan fingerprint density at radius 1 is 1.33 bits per heavy atom. The number of aryl methyl sites for hydroxylation is 1. The third-order valence-electron chi connectivity index (χ3n) is 4.41. The molecule has 1 saturated heterocycles. The maximum absolute atomic E-state index is 12.7. The van der Waals surface area contributed by atoms with Crippen molar-refractivity contribution in [3.05, 3.63) is 40.2 Å². The van der Waals surface area contributed by atoms with Gasteiger partial charge < -0.3 is 14.6 Å². The molecule has 1 aliphatic rings. The minimum Gasteiger partial charge on any atom is -0.481 e. The monoisotopic (exact) mass is 391 g/mol. The molecule has 0 radical (unpaired) electrons. The van der Waals surface area contributed by atoms with E-state index in [9.17, 15) is 19.7 Å². The molecule has 1 fully saturated rings. The smallest absolute Gasteiger partial charge is 0.306 e. The fourth-order valence-corrected chi connectivity index (χ4v) is 3.70. The highest BCUT2D eigenvalue weighted by atomic mass is 32.2. The van der Waals surface area contributed by atoms with Crippen LogP contribution in [0.4, 0.5) is 5.69 Å². The molecular weight excluding hydrogens is 374 g/mol. The molecule has 0 aliphatic carbocycles. The number of carbonyl (C=O) groups excluding carboxylic acids is 1. The number of carbonyl (C=O) groups is 2. The summed E-state index contributed by atoms with van der Waals surface area (Å²) in [6, 6.07) is 4.32. The van der Waals surface area contributed by atoms with Crippen LogP contribution >= 0.6 is 11.8 Å². The first-order valence-corrected chi connectivity index (χ1v) is 9.01. The van der Waals surface area contributed by atoms with Crippen LogP contribution in [-0.2, 0) is 11.8 Å². The number of hydrogen-bond donors (Lipinski definition) is 1. The van der Waals surface area contributed by atoms with E-state index in [-0.39, 0.29) is 17.2 Å². The van der Waals surface area contributed by atoms with E-state index in [1.54, 1.807) is 11.6 Å². The average molecular weight is 391 g/mol. The molecule has 0 bridgehead atoms. The van der Waals surface area contributed by atoms with Crippen molar-refractivity contribution < 1.29 is 19.6 Å². The van der Waals surface area contributed by atoms with Crippen LogP contribution in [-0.4, -0.2) is 54.7 Å². The van der Waals surface area contributed by atoms with Crippen LogP contribution in [0.5, 0.6) is 0 Å². The summed E-state index contributed by atoms with van der Waals surface area (Å²) in [6.45, 7) is 0.637. The number of amides is 1. The fourth-order valence-electron chi connectivity index (χ4n) is 2.85. The maximum atomic E-state index is 12.7. The zero-order valence-electron chi connectivity index (χ0n) is 14.4. The maximum Gasteiger partial charge on any atom is 0.306 e. The Morgan fingerprint density at radius 3 is 2.59 bits per heavy atom. The topological polar surface area (TPSA) is 131 Å². The molecule has 142 valence electrons. The highest BCUT2D eigenvalue weighted by Crippen LogP contribution is 2.34. The van der Waals surface area contributed by atoms with E-state index in [4.69, 9.17) is 5.11 Å². The lowest BCUT2D eigenvalue weighted by Crippen LogP contribution is -2.40. The quantitative estimate of drug-likeness (QED) is 0.603. The zero-order chi connectivity index (χ0) is 19.6. The second-order valence-corrected chi connectivity index (χ2v) is 7.18. The van der Waals surface area contributed by atoms with Gasteiger partial charge in [-0.3, -0.25) is 19.7 Å². The first-order chi connectivity index (χ1) is 12.9. The van der Waals surface area contributed by atoms with Gasteiger partial charge in [-0.05, 0) is 36.7 Å². The summed E-state index contributed by atoms with van der Waals surface area (Å²) < 4.78 is 1.64. The van der Waals surface area contributed by atoms with Gasteiger partial charge in [0.1, 0.15) is 6.33 Å². The summed E-state index contributed by atoms with van der Waals surface area (Å²) in [6.07, 6.45) is 2.25. The van der Waals surface area contributed by atoms with E-state index in [2.05, 4.69) is 10.2 Å². The predicted octanol–water partition coefficient (Wildman–Crippen LogP) is 1.81. The van der Waals surface area contributed by atoms with Crippen LogP contribution < -0.4 is 0 Å². The third-order valence-corrected chi connectivity index (χ3v) is 5.52. The number of nitro benzene ring substituents is 1. The summed E-state index contributed by atoms with van der Waals surface area (Å²) in [5.74, 6) is -1.64. The van der Waals surface area contributed by atoms with Crippen molar-refractivity contribution in [3.63, 3.8) is 0 Å². The van der Waals surface area contributed by atoms with Crippen molar-refractivity contribution in [3.8, 4) is 0 Å². The summed E-state index contributed by atoms with van der Waals surface area (Å²) in [5.41, 5.74) is 0.0204. The van der Waals surface area contributed by atoms with Crippen LogP contribution in [0.3, 0.4) is 0 Å². The molecule has 1 amide bonds. The lowest BCUT2D eigenvalue weighted by atomic mass is 9.96. The van der Waals surface area contributed by atoms with Crippen LogP contribution in [0.2, 0.25) is 0 Å². The number of benzene rings is 1. The number of rotatable bonds is 5. The molecule has 2 heterocycles. The van der Waals surface area contributed by atoms with Gasteiger partial charge in [0, 0.05) is 31.8 Å². The molecule has 1 aromatic heterocycles. The Hall–Kier alpha value is -2.95. The Kier molecular flexibility index (Phi) is 5.40. The van der Waals surface area contributed by atoms with Crippen LogP contribution in [0.15, 0.2) is 34.6 Å². The van der Waals surface area contributed by atoms with Gasteiger partial charge in [0.15, 0.2) is 5.16 Å². The fraction of sp³-hybridized carbons (Fsp3) is 0.375. The summed E-state index contributed by atoms with van der Waals surface area (Å²) >= 11 is 1.09. The highest BCUT2D eigenvalue weighted by Gasteiger charge is 2.28. The van der Waals surface area contributed by atoms with Gasteiger partial charge in [-0.25, -0.2) is 0 Å². The number of piperidine rings is 1. The predicted molar refractivity (Wildman–Crippen MR) is 94.5 cm³/mol. The van der Waals surface area contributed by atoms with Crippen LogP contribution in [0.25, 0.3) is 0 Å². The van der Waals surface area contributed by atoms with Crippen molar-refractivity contribution in [1.82, 2.24) is 19.7 Å². The molecule has 1 aliphatic heterocycles. The lowest BCUT2D eigenvalue weighted by molar-refractivity contribution is -0.387. The van der Waals surface area contributed by atoms with Gasteiger partial charge in [0.05, 0.1) is 15.7 Å². The Labute approximate surface area is 158 Å². The van der Waals surface area contributed by atoms with Crippen LogP contribution in [0.1, 0.15) is 23.2 Å². The number of carboxylic acid groups (broad SMARTS) is 1. The summed E-state index contributed by atoms with van der Waals surface area (Å²) in [5, 5.41) is 28.6. The number of likely N-dealkylation sites (tertiary alicyclic amines) is 1. The van der Waals surface area contributed by atoms with Gasteiger partial charge in [-0.15, -0.1) is 10.2 Å². The number of aliphatic carboxylic acids is 1. The average Bonchev–Trinajstić information content (AvgIpc) is 3.06.